The maximum Gasteiger partial charge on any atom is 0.246 e. The standard InChI is InChI=1S/2C22H26ClN7O2/c2*1-14(2)21-24-22(32-27-21)17-5-4-10-29(12-17)20(31)9-7-16-6-8-19(23)11-18(16)13-30-26-15(3)25-28-30/h2*6-9,11,14,17H,4-5,10,12-13H2,1-3H3/b2*9-7+/t2*17-/m10/s1. The van der Waals surface area contributed by atoms with Crippen LogP contribution in [0.15, 0.2) is 57.6 Å². The highest BCUT2D eigenvalue weighted by Gasteiger charge is 2.29. The van der Waals surface area contributed by atoms with Crippen LogP contribution in [0.2, 0.25) is 10.0 Å². The van der Waals surface area contributed by atoms with Gasteiger partial charge in [-0.05, 0) is 109 Å². The first kappa shape index (κ1) is 45.9. The molecule has 0 radical (unpaired) electrons. The zero-order valence-corrected chi connectivity index (χ0v) is 38.3. The Morgan fingerprint density at radius 3 is 1.47 bits per heavy atom. The molecular formula is C44H52Cl2N14O4. The fourth-order valence-corrected chi connectivity index (χ4v) is 7.81. The molecule has 336 valence electrons. The van der Waals surface area contributed by atoms with E-state index in [9.17, 15) is 9.59 Å². The number of aryl methyl sites for hydroxylation is 2. The molecule has 2 amide bonds. The van der Waals surface area contributed by atoms with E-state index in [4.69, 9.17) is 32.2 Å². The van der Waals surface area contributed by atoms with Gasteiger partial charge in [-0.1, -0.05) is 73.3 Å². The Morgan fingerprint density at radius 1 is 0.688 bits per heavy atom. The summed E-state index contributed by atoms with van der Waals surface area (Å²) in [7, 11) is 0. The van der Waals surface area contributed by atoms with Crippen molar-refractivity contribution in [2.24, 2.45) is 0 Å². The quantitative estimate of drug-likeness (QED) is 0.111. The van der Waals surface area contributed by atoms with Crippen molar-refractivity contribution in [2.45, 2.75) is 104 Å². The number of piperidine rings is 2. The number of carbonyl (C=O) groups is 2. The van der Waals surface area contributed by atoms with E-state index in [1.54, 1.807) is 38.1 Å². The minimum Gasteiger partial charge on any atom is -0.339 e. The van der Waals surface area contributed by atoms with Gasteiger partial charge in [-0.15, -0.1) is 20.4 Å². The molecule has 6 aromatic rings. The lowest BCUT2D eigenvalue weighted by Gasteiger charge is -2.30. The van der Waals surface area contributed by atoms with E-state index in [0.29, 0.717) is 84.4 Å². The van der Waals surface area contributed by atoms with Gasteiger partial charge < -0.3 is 18.8 Å². The van der Waals surface area contributed by atoms with Gasteiger partial charge >= 0.3 is 0 Å². The van der Waals surface area contributed by atoms with Crippen LogP contribution in [0.1, 0.15) is 134 Å². The molecule has 2 fully saturated rings. The molecule has 2 atom stereocenters. The van der Waals surface area contributed by atoms with Gasteiger partial charge in [0.25, 0.3) is 0 Å². The third kappa shape index (κ3) is 12.1. The zero-order valence-electron chi connectivity index (χ0n) is 36.8. The highest BCUT2D eigenvalue weighted by Crippen LogP contribution is 2.29. The number of benzene rings is 2. The summed E-state index contributed by atoms with van der Waals surface area (Å²) in [6.07, 6.45) is 10.5. The second-order valence-electron chi connectivity index (χ2n) is 16.6. The topological polar surface area (TPSA) is 206 Å². The van der Waals surface area contributed by atoms with E-state index in [0.717, 1.165) is 47.9 Å². The molecule has 0 bridgehead atoms. The number of halogens is 2. The fraction of sp³-hybridized carbons (Fsp3) is 0.455. The van der Waals surface area contributed by atoms with Crippen LogP contribution in [0.4, 0.5) is 0 Å². The van der Waals surface area contributed by atoms with Crippen molar-refractivity contribution in [3.63, 3.8) is 0 Å². The van der Waals surface area contributed by atoms with Gasteiger partial charge in [0.1, 0.15) is 0 Å². The first-order valence-corrected chi connectivity index (χ1v) is 22.2. The summed E-state index contributed by atoms with van der Waals surface area (Å²) < 4.78 is 10.9. The molecule has 0 spiro atoms. The smallest absolute Gasteiger partial charge is 0.246 e. The summed E-state index contributed by atoms with van der Waals surface area (Å²) in [6, 6.07) is 11.1. The first-order valence-electron chi connectivity index (χ1n) is 21.4. The number of carbonyl (C=O) groups excluding carboxylic acids is 2. The SMILES string of the molecule is Cc1nnn(Cc2cc(Cl)ccc2/C=C/C(=O)N2CCC[C@@H](c3nc(C(C)C)no3)C2)n1.Cc1nnn(Cc2cc(Cl)ccc2/C=C/C(=O)N2CCC[C@H](c3nc(C(C)C)no3)C2)n1. The largest absolute Gasteiger partial charge is 0.339 e. The minimum absolute atomic E-state index is 0.0473. The van der Waals surface area contributed by atoms with Crippen LogP contribution in [0.5, 0.6) is 0 Å². The Labute approximate surface area is 381 Å². The number of hydrogen-bond donors (Lipinski definition) is 0. The summed E-state index contributed by atoms with van der Waals surface area (Å²) in [6.45, 7) is 15.1. The predicted octanol–water partition coefficient (Wildman–Crippen LogP) is 7.22. The second-order valence-corrected chi connectivity index (χ2v) is 17.5. The van der Waals surface area contributed by atoms with Crippen LogP contribution in [0, 0.1) is 13.8 Å². The zero-order chi connectivity index (χ0) is 45.3. The highest BCUT2D eigenvalue weighted by molar-refractivity contribution is 6.31. The third-order valence-electron chi connectivity index (χ3n) is 10.9. The normalized spacial score (nSPS) is 16.9. The Balaban J connectivity index is 0.000000191. The minimum atomic E-state index is -0.0473. The van der Waals surface area contributed by atoms with Crippen LogP contribution in [-0.4, -0.2) is 108 Å². The average Bonchev–Trinajstić information content (AvgIpc) is 4.12. The molecular weight excluding hydrogens is 859 g/mol. The summed E-state index contributed by atoms with van der Waals surface area (Å²) in [5.41, 5.74) is 3.57. The van der Waals surface area contributed by atoms with Gasteiger partial charge in [0.15, 0.2) is 23.3 Å². The van der Waals surface area contributed by atoms with E-state index in [-0.39, 0.29) is 35.5 Å². The highest BCUT2D eigenvalue weighted by atomic mass is 35.5. The maximum absolute atomic E-state index is 12.9. The molecule has 2 aliphatic heterocycles. The first-order chi connectivity index (χ1) is 30.8. The predicted molar refractivity (Wildman–Crippen MR) is 238 cm³/mol. The van der Waals surface area contributed by atoms with E-state index in [1.165, 1.54) is 9.59 Å². The lowest BCUT2D eigenvalue weighted by molar-refractivity contribution is -0.128. The Morgan fingerprint density at radius 2 is 1.11 bits per heavy atom. The number of rotatable bonds is 12. The van der Waals surface area contributed by atoms with E-state index in [1.807, 2.05) is 73.9 Å². The fourth-order valence-electron chi connectivity index (χ4n) is 7.42. The molecule has 2 aliphatic rings. The van der Waals surface area contributed by atoms with Crippen molar-refractivity contribution in [1.29, 1.82) is 0 Å². The number of tetrazole rings is 2. The monoisotopic (exact) mass is 910 g/mol. The van der Waals surface area contributed by atoms with Gasteiger partial charge in [0.2, 0.25) is 23.6 Å². The van der Waals surface area contributed by atoms with Gasteiger partial charge in [0.05, 0.1) is 24.9 Å². The second kappa shape index (κ2) is 21.0. The molecule has 0 saturated carbocycles. The molecule has 4 aromatic heterocycles. The maximum atomic E-state index is 12.9. The van der Waals surface area contributed by atoms with Gasteiger partial charge in [-0.2, -0.15) is 19.6 Å². The lowest BCUT2D eigenvalue weighted by atomic mass is 9.97. The van der Waals surface area contributed by atoms with Crippen molar-refractivity contribution in [3.05, 3.63) is 116 Å². The van der Waals surface area contributed by atoms with Crippen LogP contribution in [-0.2, 0) is 22.7 Å². The molecule has 6 heterocycles. The number of aromatic nitrogens is 12. The van der Waals surface area contributed by atoms with E-state index in [2.05, 4.69) is 51.1 Å². The van der Waals surface area contributed by atoms with Crippen LogP contribution >= 0.6 is 23.2 Å². The van der Waals surface area contributed by atoms with Gasteiger partial charge in [-0.3, -0.25) is 9.59 Å². The summed E-state index contributed by atoms with van der Waals surface area (Å²) in [5, 5.41) is 33.6. The molecule has 0 aliphatic carbocycles. The summed E-state index contributed by atoms with van der Waals surface area (Å²) in [5.74, 6) is 4.29. The van der Waals surface area contributed by atoms with E-state index >= 15 is 0 Å². The molecule has 2 saturated heterocycles. The third-order valence-corrected chi connectivity index (χ3v) is 11.3. The summed E-state index contributed by atoms with van der Waals surface area (Å²) in [4.78, 5) is 41.5. The van der Waals surface area contributed by atoms with Crippen molar-refractivity contribution in [1.82, 2.24) is 70.5 Å². The number of likely N-dealkylation sites (tertiary alicyclic amines) is 2. The molecule has 0 N–H and O–H groups in total. The van der Waals surface area contributed by atoms with Crippen molar-refractivity contribution >= 4 is 47.2 Å². The number of hydrogen-bond acceptors (Lipinski definition) is 14. The van der Waals surface area contributed by atoms with Crippen LogP contribution in [0.25, 0.3) is 12.2 Å². The molecule has 18 nitrogen and oxygen atoms in total. The average molecular weight is 912 g/mol. The molecule has 20 heteroatoms. The van der Waals surface area contributed by atoms with Crippen molar-refractivity contribution < 1.29 is 18.6 Å². The Hall–Kier alpha value is -6.14. The van der Waals surface area contributed by atoms with Gasteiger partial charge in [-0.25, -0.2) is 0 Å². The van der Waals surface area contributed by atoms with Crippen LogP contribution in [0.3, 0.4) is 0 Å². The molecule has 0 unspecified atom stereocenters. The Bertz CT molecular complexity index is 2420. The van der Waals surface area contributed by atoms with Crippen LogP contribution < -0.4 is 0 Å². The van der Waals surface area contributed by atoms with Crippen molar-refractivity contribution in [2.75, 3.05) is 26.2 Å². The van der Waals surface area contributed by atoms with Crippen molar-refractivity contribution in [3.8, 4) is 0 Å². The van der Waals surface area contributed by atoms with Gasteiger partial charge in [0, 0.05) is 60.2 Å². The number of nitrogens with zero attached hydrogens (tertiary/aromatic N) is 14. The molecule has 2 aromatic carbocycles. The molecule has 8 rings (SSSR count). The molecule has 64 heavy (non-hydrogen) atoms. The van der Waals surface area contributed by atoms with E-state index < -0.39 is 0 Å². The Kier molecular flexibility index (Phi) is 15.1. The lowest BCUT2D eigenvalue weighted by Crippen LogP contribution is -2.38. The number of amides is 2. The summed E-state index contributed by atoms with van der Waals surface area (Å²) >= 11 is 12.4.